The topological polar surface area (TPSA) is 91.8 Å². The van der Waals surface area contributed by atoms with Crippen LogP contribution in [0.3, 0.4) is 0 Å². The number of fused-ring (bicyclic) bond motifs is 1. The number of carbonyl (C=O) groups excluding carboxylic acids is 3. The summed E-state index contributed by atoms with van der Waals surface area (Å²) in [5.41, 5.74) is 0.223. The van der Waals surface area contributed by atoms with Crippen molar-refractivity contribution in [1.29, 1.82) is 0 Å². The zero-order chi connectivity index (χ0) is 15.9. The molecule has 1 heterocycles. The zero-order valence-corrected chi connectivity index (χ0v) is 11.1. The van der Waals surface area contributed by atoms with Crippen LogP contribution in [0.2, 0.25) is 0 Å². The Hall–Kier alpha value is -3.28. The Morgan fingerprint density at radius 2 is 1.32 bits per heavy atom. The summed E-state index contributed by atoms with van der Waals surface area (Å²) >= 11 is 0. The molecule has 2 aromatic rings. The summed E-state index contributed by atoms with van der Waals surface area (Å²) < 4.78 is 0. The number of ketones is 1. The van der Waals surface area contributed by atoms with Gasteiger partial charge in [0.2, 0.25) is 0 Å². The Morgan fingerprint density at radius 3 is 1.86 bits per heavy atom. The van der Waals surface area contributed by atoms with Gasteiger partial charge in [-0.25, -0.2) is 9.69 Å². The lowest BCUT2D eigenvalue weighted by Gasteiger charge is -2.16. The molecule has 0 saturated heterocycles. The normalized spacial score (nSPS) is 13.2. The number of amides is 2. The number of rotatable bonds is 3. The van der Waals surface area contributed by atoms with E-state index in [1.807, 2.05) is 0 Å². The summed E-state index contributed by atoms with van der Waals surface area (Å²) in [7, 11) is 0. The molecule has 0 saturated carbocycles. The molecule has 22 heavy (non-hydrogen) atoms. The first-order valence-corrected chi connectivity index (χ1v) is 6.37. The minimum Gasteiger partial charge on any atom is -0.475 e. The van der Waals surface area contributed by atoms with Crippen molar-refractivity contribution in [3.8, 4) is 0 Å². The number of carboxylic acids is 1. The van der Waals surface area contributed by atoms with Crippen molar-refractivity contribution in [1.82, 2.24) is 0 Å². The Balaban J connectivity index is 2.15. The quantitative estimate of drug-likeness (QED) is 0.529. The second-order valence-electron chi connectivity index (χ2n) is 4.64. The van der Waals surface area contributed by atoms with E-state index in [1.165, 1.54) is 36.4 Å². The maximum Gasteiger partial charge on any atom is 0.377 e. The van der Waals surface area contributed by atoms with Gasteiger partial charge in [0, 0.05) is 0 Å². The van der Waals surface area contributed by atoms with Crippen molar-refractivity contribution in [2.45, 2.75) is 0 Å². The molecule has 0 aliphatic carbocycles. The maximum absolute atomic E-state index is 12.4. The molecule has 0 bridgehead atoms. The van der Waals surface area contributed by atoms with E-state index in [1.54, 1.807) is 12.1 Å². The molecule has 1 N–H and O–H groups in total. The lowest BCUT2D eigenvalue weighted by Crippen LogP contribution is -2.31. The molecule has 1 aliphatic rings. The smallest absolute Gasteiger partial charge is 0.377 e. The zero-order valence-electron chi connectivity index (χ0n) is 11.1. The van der Waals surface area contributed by atoms with Crippen LogP contribution < -0.4 is 4.90 Å². The fraction of sp³-hybridized carbons (Fsp3) is 0. The van der Waals surface area contributed by atoms with E-state index in [2.05, 4.69) is 0 Å². The van der Waals surface area contributed by atoms with E-state index >= 15 is 0 Å². The Kier molecular flexibility index (Phi) is 3.06. The maximum atomic E-state index is 12.4. The standard InChI is InChI=1S/C16H9NO5/c18-13(16(21)22)11-7-3-4-8-12(11)17-14(19)9-5-1-2-6-10(9)15(17)20/h1-8H,(H,21,22). The molecule has 1 aliphatic heterocycles. The second-order valence-corrected chi connectivity index (χ2v) is 4.64. The molecule has 0 unspecified atom stereocenters. The average Bonchev–Trinajstić information content (AvgIpc) is 2.78. The highest BCUT2D eigenvalue weighted by molar-refractivity contribution is 6.43. The number of anilines is 1. The summed E-state index contributed by atoms with van der Waals surface area (Å²) in [5.74, 6) is -3.98. The fourth-order valence-corrected chi connectivity index (χ4v) is 2.38. The molecule has 3 rings (SSSR count). The Morgan fingerprint density at radius 1 is 0.818 bits per heavy atom. The minimum absolute atomic E-state index is 0.0268. The first kappa shape index (κ1) is 13.7. The molecule has 0 radical (unpaired) electrons. The van der Waals surface area contributed by atoms with Gasteiger partial charge in [-0.3, -0.25) is 14.4 Å². The summed E-state index contributed by atoms with van der Waals surface area (Å²) in [6.45, 7) is 0. The van der Waals surface area contributed by atoms with Crippen molar-refractivity contribution in [2.24, 2.45) is 0 Å². The van der Waals surface area contributed by atoms with E-state index in [0.29, 0.717) is 0 Å². The van der Waals surface area contributed by atoms with Crippen molar-refractivity contribution in [2.75, 3.05) is 4.90 Å². The largest absolute Gasteiger partial charge is 0.475 e. The number of nitrogens with zero attached hydrogens (tertiary/aromatic N) is 1. The number of hydrogen-bond donors (Lipinski definition) is 1. The van der Waals surface area contributed by atoms with E-state index < -0.39 is 23.6 Å². The van der Waals surface area contributed by atoms with E-state index in [4.69, 9.17) is 5.11 Å². The van der Waals surface area contributed by atoms with Crippen molar-refractivity contribution in [3.63, 3.8) is 0 Å². The number of benzene rings is 2. The summed E-state index contributed by atoms with van der Waals surface area (Å²) in [6, 6.07) is 11.9. The SMILES string of the molecule is O=C(O)C(=O)c1ccccc1N1C(=O)c2ccccc2C1=O. The minimum atomic E-state index is -1.65. The van der Waals surface area contributed by atoms with Crippen LogP contribution in [0.25, 0.3) is 0 Å². The number of aliphatic carboxylic acids is 1. The van der Waals surface area contributed by atoms with E-state index in [9.17, 15) is 19.2 Å². The first-order chi connectivity index (χ1) is 10.5. The third-order valence-corrected chi connectivity index (χ3v) is 3.38. The first-order valence-electron chi connectivity index (χ1n) is 6.37. The number of carbonyl (C=O) groups is 4. The van der Waals surface area contributed by atoms with Crippen LogP contribution in [0.15, 0.2) is 48.5 Å². The van der Waals surface area contributed by atoms with Crippen LogP contribution in [-0.4, -0.2) is 28.7 Å². The molecule has 0 atom stereocenters. The van der Waals surface area contributed by atoms with Gasteiger partial charge in [-0.05, 0) is 24.3 Å². The summed E-state index contributed by atoms with van der Waals surface area (Å²) in [5, 5.41) is 8.87. The third-order valence-electron chi connectivity index (χ3n) is 3.38. The fourth-order valence-electron chi connectivity index (χ4n) is 2.38. The molecular weight excluding hydrogens is 286 g/mol. The van der Waals surface area contributed by atoms with Crippen LogP contribution in [-0.2, 0) is 4.79 Å². The van der Waals surface area contributed by atoms with Crippen LogP contribution in [0, 0.1) is 0 Å². The number of para-hydroxylation sites is 1. The van der Waals surface area contributed by atoms with Crippen LogP contribution in [0.1, 0.15) is 31.1 Å². The van der Waals surface area contributed by atoms with Crippen LogP contribution >= 0.6 is 0 Å². The van der Waals surface area contributed by atoms with Gasteiger partial charge in [0.1, 0.15) is 0 Å². The molecule has 0 aromatic heterocycles. The Labute approximate surface area is 124 Å². The highest BCUT2D eigenvalue weighted by Crippen LogP contribution is 2.30. The molecule has 0 spiro atoms. The Bertz CT molecular complexity index is 805. The van der Waals surface area contributed by atoms with E-state index in [0.717, 1.165) is 4.90 Å². The number of carboxylic acid groups (broad SMARTS) is 1. The van der Waals surface area contributed by atoms with Gasteiger partial charge in [-0.15, -0.1) is 0 Å². The number of imide groups is 1. The van der Waals surface area contributed by atoms with Gasteiger partial charge < -0.3 is 5.11 Å². The predicted octanol–water partition coefficient (Wildman–Crippen LogP) is 1.75. The lowest BCUT2D eigenvalue weighted by molar-refractivity contribution is -0.131. The van der Waals surface area contributed by atoms with Gasteiger partial charge in [0.25, 0.3) is 17.6 Å². The summed E-state index contributed by atoms with van der Waals surface area (Å²) in [6.07, 6.45) is 0. The lowest BCUT2D eigenvalue weighted by atomic mass is 10.1. The van der Waals surface area contributed by atoms with Crippen molar-refractivity contribution >= 4 is 29.3 Å². The molecule has 6 nitrogen and oxygen atoms in total. The molecule has 108 valence electrons. The van der Waals surface area contributed by atoms with Gasteiger partial charge >= 0.3 is 5.97 Å². The number of hydrogen-bond acceptors (Lipinski definition) is 4. The van der Waals surface area contributed by atoms with Gasteiger partial charge in [-0.1, -0.05) is 24.3 Å². The van der Waals surface area contributed by atoms with Crippen molar-refractivity contribution in [3.05, 3.63) is 65.2 Å². The number of Topliss-reactive ketones (excluding diaryl/α,β-unsaturated/α-hetero) is 1. The summed E-state index contributed by atoms with van der Waals surface area (Å²) in [4.78, 5) is 48.3. The average molecular weight is 295 g/mol. The highest BCUT2D eigenvalue weighted by atomic mass is 16.4. The van der Waals surface area contributed by atoms with Crippen LogP contribution in [0.5, 0.6) is 0 Å². The third kappa shape index (κ3) is 1.89. The van der Waals surface area contributed by atoms with Gasteiger partial charge in [-0.2, -0.15) is 0 Å². The second kappa shape index (κ2) is 4.92. The van der Waals surface area contributed by atoms with E-state index in [-0.39, 0.29) is 22.4 Å². The molecule has 0 fully saturated rings. The molecule has 2 amide bonds. The predicted molar refractivity (Wildman–Crippen MR) is 76.0 cm³/mol. The molecule has 2 aromatic carbocycles. The van der Waals surface area contributed by atoms with Gasteiger partial charge in [0.15, 0.2) is 0 Å². The highest BCUT2D eigenvalue weighted by Gasteiger charge is 2.38. The van der Waals surface area contributed by atoms with Crippen LogP contribution in [0.4, 0.5) is 5.69 Å². The molecule has 6 heteroatoms. The van der Waals surface area contributed by atoms with Gasteiger partial charge in [0.05, 0.1) is 22.4 Å². The molecular formula is C16H9NO5. The van der Waals surface area contributed by atoms with Crippen molar-refractivity contribution < 1.29 is 24.3 Å². The monoisotopic (exact) mass is 295 g/mol.